The van der Waals surface area contributed by atoms with Crippen LogP contribution in [0.15, 0.2) is 36.7 Å². The fourth-order valence-corrected chi connectivity index (χ4v) is 1.96. The Labute approximate surface area is 108 Å². The number of nitrogens with zero attached hydrogens (tertiary/aromatic N) is 1. The third kappa shape index (κ3) is 1.96. The molecule has 2 heterocycles. The van der Waals surface area contributed by atoms with E-state index in [9.17, 15) is 4.79 Å². The quantitative estimate of drug-likeness (QED) is 0.570. The number of primary amides is 1. The van der Waals surface area contributed by atoms with Crippen LogP contribution < -0.4 is 5.73 Å². The van der Waals surface area contributed by atoms with Crippen LogP contribution in [0, 0.1) is 11.8 Å². The largest absolute Gasteiger partial charge is 0.365 e. The summed E-state index contributed by atoms with van der Waals surface area (Å²) in [6, 6.07) is 7.50. The molecule has 0 bridgehead atoms. The molecule has 3 rings (SSSR count). The van der Waals surface area contributed by atoms with Crippen LogP contribution in [-0.2, 0) is 4.79 Å². The van der Waals surface area contributed by atoms with Crippen LogP contribution in [-0.4, -0.2) is 21.1 Å². The second-order valence-corrected chi connectivity index (χ2v) is 4.01. The lowest BCUT2D eigenvalue weighted by Gasteiger charge is -2.00. The van der Waals surface area contributed by atoms with Gasteiger partial charge in [-0.05, 0) is 6.07 Å². The van der Waals surface area contributed by atoms with Crippen molar-refractivity contribution in [1.29, 1.82) is 0 Å². The molecule has 0 radical (unpaired) electrons. The Kier molecular flexibility index (Phi) is 2.54. The van der Waals surface area contributed by atoms with Gasteiger partial charge in [0.25, 0.3) is 5.91 Å². The van der Waals surface area contributed by atoms with Crippen molar-refractivity contribution in [3.63, 3.8) is 0 Å². The molecule has 1 aromatic carbocycles. The van der Waals surface area contributed by atoms with Gasteiger partial charge in [-0.1, -0.05) is 24.1 Å². The number of rotatable bonds is 1. The molecule has 0 unspecified atom stereocenters. The summed E-state index contributed by atoms with van der Waals surface area (Å²) in [7, 11) is 0. The number of nitrogens with two attached hydrogens (primary N) is 1. The number of benzene rings is 1. The molecule has 0 saturated carbocycles. The molecule has 2 aromatic heterocycles. The van der Waals surface area contributed by atoms with E-state index < -0.39 is 5.91 Å². The summed E-state index contributed by atoms with van der Waals surface area (Å²) in [6.07, 6.45) is 3.70. The Morgan fingerprint density at radius 3 is 2.95 bits per heavy atom. The van der Waals surface area contributed by atoms with Gasteiger partial charge in [0.15, 0.2) is 0 Å². The average Bonchev–Trinajstić information content (AvgIpc) is 2.99. The zero-order valence-electron chi connectivity index (χ0n) is 9.90. The first-order valence-electron chi connectivity index (χ1n) is 5.67. The lowest BCUT2D eigenvalue weighted by Crippen LogP contribution is -2.06. The van der Waals surface area contributed by atoms with Crippen molar-refractivity contribution in [2.24, 2.45) is 5.73 Å². The summed E-state index contributed by atoms with van der Waals surface area (Å²) in [6.45, 7) is 0. The Morgan fingerprint density at radius 2 is 2.11 bits per heavy atom. The molecule has 0 atom stereocenters. The van der Waals surface area contributed by atoms with Crippen LogP contribution in [0.5, 0.6) is 0 Å². The molecule has 0 aliphatic carbocycles. The molecule has 0 aliphatic rings. The monoisotopic (exact) mass is 250 g/mol. The molecule has 0 saturated heterocycles. The maximum atomic E-state index is 10.8. The van der Waals surface area contributed by atoms with E-state index in [0.29, 0.717) is 0 Å². The molecule has 4 N–H and O–H groups in total. The van der Waals surface area contributed by atoms with E-state index >= 15 is 0 Å². The molecular weight excluding hydrogens is 240 g/mol. The molecule has 5 nitrogen and oxygen atoms in total. The van der Waals surface area contributed by atoms with Gasteiger partial charge in [-0.3, -0.25) is 9.89 Å². The van der Waals surface area contributed by atoms with E-state index in [2.05, 4.69) is 27.0 Å². The van der Waals surface area contributed by atoms with Crippen LogP contribution in [0.1, 0.15) is 5.56 Å². The predicted octanol–water partition coefficient (Wildman–Crippen LogP) is 1.39. The minimum absolute atomic E-state index is 0.649. The minimum Gasteiger partial charge on any atom is -0.365 e. The lowest BCUT2D eigenvalue weighted by atomic mass is 10.0. The highest BCUT2D eigenvalue weighted by atomic mass is 16.1. The van der Waals surface area contributed by atoms with Crippen LogP contribution in [0.25, 0.3) is 22.2 Å². The van der Waals surface area contributed by atoms with Gasteiger partial charge in [0.2, 0.25) is 0 Å². The number of hydrogen-bond donors (Lipinski definition) is 3. The molecule has 0 fully saturated rings. The Hall–Kier alpha value is -3.00. The zero-order valence-corrected chi connectivity index (χ0v) is 9.90. The smallest absolute Gasteiger partial charge is 0.293 e. The van der Waals surface area contributed by atoms with E-state index in [-0.39, 0.29) is 0 Å². The number of amides is 1. The standard InChI is InChI=1S/C14H10N4O/c15-13(19)6-5-9-3-1-2-4-10(9)14-11-7-16-8-12(11)17-18-14/h1-4,7-8,16-17H,(H2,15,19). The number of carbonyl (C=O) groups excluding carboxylic acids is 1. The Bertz CT molecular complexity index is 816. The number of aromatic amines is 2. The number of carbonyl (C=O) groups is 1. The minimum atomic E-state index is -0.649. The molecule has 3 aromatic rings. The lowest BCUT2D eigenvalue weighted by molar-refractivity contribution is -0.112. The van der Waals surface area contributed by atoms with Crippen molar-refractivity contribution in [2.45, 2.75) is 0 Å². The maximum absolute atomic E-state index is 10.8. The summed E-state index contributed by atoms with van der Waals surface area (Å²) < 4.78 is 0. The van der Waals surface area contributed by atoms with E-state index in [0.717, 1.165) is 27.7 Å². The van der Waals surface area contributed by atoms with E-state index in [1.165, 1.54) is 0 Å². The van der Waals surface area contributed by atoms with Gasteiger partial charge in [-0.2, -0.15) is 5.10 Å². The molecule has 5 heteroatoms. The number of H-pyrrole nitrogens is 2. The van der Waals surface area contributed by atoms with Crippen molar-refractivity contribution in [3.05, 3.63) is 42.2 Å². The van der Waals surface area contributed by atoms with Crippen LogP contribution >= 0.6 is 0 Å². The molecule has 19 heavy (non-hydrogen) atoms. The van der Waals surface area contributed by atoms with E-state index in [4.69, 9.17) is 5.73 Å². The second kappa shape index (κ2) is 4.35. The normalized spacial score (nSPS) is 10.1. The third-order valence-corrected chi connectivity index (χ3v) is 2.79. The van der Waals surface area contributed by atoms with Crippen LogP contribution in [0.4, 0.5) is 0 Å². The summed E-state index contributed by atoms with van der Waals surface area (Å²) in [5.74, 6) is 4.47. The number of aromatic nitrogens is 3. The first-order chi connectivity index (χ1) is 9.25. The fourth-order valence-electron chi connectivity index (χ4n) is 1.96. The molecule has 0 spiro atoms. The van der Waals surface area contributed by atoms with Crippen molar-refractivity contribution >= 4 is 16.8 Å². The molecule has 0 aliphatic heterocycles. The molecular formula is C14H10N4O. The van der Waals surface area contributed by atoms with Gasteiger partial charge in [-0.25, -0.2) is 0 Å². The van der Waals surface area contributed by atoms with Crippen LogP contribution in [0.2, 0.25) is 0 Å². The molecule has 92 valence electrons. The zero-order chi connectivity index (χ0) is 13.2. The number of nitrogens with one attached hydrogen (secondary N) is 2. The third-order valence-electron chi connectivity index (χ3n) is 2.79. The topological polar surface area (TPSA) is 87.6 Å². The summed E-state index contributed by atoms with van der Waals surface area (Å²) in [5, 5.41) is 8.20. The van der Waals surface area contributed by atoms with Gasteiger partial charge in [0.05, 0.1) is 5.52 Å². The highest BCUT2D eigenvalue weighted by molar-refractivity contribution is 5.96. The molecule has 1 amide bonds. The first-order valence-corrected chi connectivity index (χ1v) is 5.67. The van der Waals surface area contributed by atoms with Crippen LogP contribution in [0.3, 0.4) is 0 Å². The Balaban J connectivity index is 2.19. The van der Waals surface area contributed by atoms with Gasteiger partial charge in [-0.15, -0.1) is 0 Å². The van der Waals surface area contributed by atoms with Crippen molar-refractivity contribution in [3.8, 4) is 23.1 Å². The SMILES string of the molecule is NC(=O)C#Cc1ccccc1-c1n[nH]c2c[nH]cc12. The number of fused-ring (bicyclic) bond motifs is 1. The van der Waals surface area contributed by atoms with E-state index in [1.54, 1.807) is 0 Å². The van der Waals surface area contributed by atoms with Gasteiger partial charge in [0, 0.05) is 34.8 Å². The summed E-state index contributed by atoms with van der Waals surface area (Å²) >= 11 is 0. The van der Waals surface area contributed by atoms with E-state index in [1.807, 2.05) is 36.7 Å². The van der Waals surface area contributed by atoms with Gasteiger partial charge in [0.1, 0.15) is 5.69 Å². The maximum Gasteiger partial charge on any atom is 0.293 e. The Morgan fingerprint density at radius 1 is 1.26 bits per heavy atom. The second-order valence-electron chi connectivity index (χ2n) is 4.01. The predicted molar refractivity (Wildman–Crippen MR) is 72.0 cm³/mol. The average molecular weight is 250 g/mol. The highest BCUT2D eigenvalue weighted by Crippen LogP contribution is 2.28. The fraction of sp³-hybridized carbons (Fsp3) is 0. The first kappa shape index (κ1) is 11.1. The van der Waals surface area contributed by atoms with Gasteiger partial charge >= 0.3 is 0 Å². The van der Waals surface area contributed by atoms with Crippen molar-refractivity contribution in [2.75, 3.05) is 0 Å². The highest BCUT2D eigenvalue weighted by Gasteiger charge is 2.11. The van der Waals surface area contributed by atoms with Crippen molar-refractivity contribution in [1.82, 2.24) is 15.2 Å². The van der Waals surface area contributed by atoms with Crippen molar-refractivity contribution < 1.29 is 4.79 Å². The number of hydrogen-bond acceptors (Lipinski definition) is 2. The van der Waals surface area contributed by atoms with Gasteiger partial charge < -0.3 is 10.7 Å². The summed E-state index contributed by atoms with van der Waals surface area (Å²) in [4.78, 5) is 13.8. The summed E-state index contributed by atoms with van der Waals surface area (Å²) in [5.41, 5.74) is 8.35.